The topological polar surface area (TPSA) is 18.5 Å². The molecule has 2 heteroatoms. The Morgan fingerprint density at radius 2 is 1.06 bits per heavy atom. The van der Waals surface area contributed by atoms with E-state index in [4.69, 9.17) is 9.47 Å². The zero-order chi connectivity index (χ0) is 25.4. The van der Waals surface area contributed by atoms with Crippen LogP contribution in [0.15, 0.2) is 84.9 Å². The minimum Gasteiger partial charge on any atom is -0.497 e. The molecule has 36 heavy (non-hydrogen) atoms. The monoisotopic (exact) mass is 476 g/mol. The van der Waals surface area contributed by atoms with Gasteiger partial charge in [-0.2, -0.15) is 0 Å². The summed E-state index contributed by atoms with van der Waals surface area (Å²) in [6, 6.07) is 31.5. The summed E-state index contributed by atoms with van der Waals surface area (Å²) in [5, 5.41) is 0. The molecule has 184 valence electrons. The Morgan fingerprint density at radius 3 is 1.47 bits per heavy atom. The Kier molecular flexibility index (Phi) is 6.38. The molecule has 0 saturated carbocycles. The second-order valence-corrected chi connectivity index (χ2v) is 10.3. The Labute approximate surface area is 215 Å². The minimum atomic E-state index is -0.433. The molecule has 0 heterocycles. The van der Waals surface area contributed by atoms with Crippen molar-refractivity contribution < 1.29 is 9.47 Å². The first-order valence-electron chi connectivity index (χ1n) is 13.0. The number of hydrogen-bond acceptors (Lipinski definition) is 2. The Bertz CT molecular complexity index is 1320. The fourth-order valence-corrected chi connectivity index (χ4v) is 5.73. The molecule has 0 radical (unpaired) electrons. The number of fused-ring (bicyclic) bond motifs is 3. The molecular weight excluding hydrogens is 440 g/mol. The average molecular weight is 477 g/mol. The van der Waals surface area contributed by atoms with Crippen molar-refractivity contribution in [3.8, 4) is 22.6 Å². The highest BCUT2D eigenvalue weighted by Crippen LogP contribution is 2.57. The van der Waals surface area contributed by atoms with Crippen molar-refractivity contribution in [2.45, 2.75) is 51.4 Å². The zero-order valence-electron chi connectivity index (χ0n) is 22.3. The van der Waals surface area contributed by atoms with Gasteiger partial charge in [-0.25, -0.2) is 0 Å². The molecule has 2 nitrogen and oxygen atoms in total. The molecule has 0 fully saturated rings. The molecule has 0 amide bonds. The summed E-state index contributed by atoms with van der Waals surface area (Å²) in [5.74, 6) is 2.67. The van der Waals surface area contributed by atoms with E-state index in [2.05, 4.69) is 113 Å². The molecule has 0 aromatic heterocycles. The Hall–Kier alpha value is -3.52. The van der Waals surface area contributed by atoms with Gasteiger partial charge in [0.1, 0.15) is 11.5 Å². The fraction of sp³-hybridized carbons (Fsp3) is 0.294. The van der Waals surface area contributed by atoms with E-state index in [0.717, 1.165) is 17.9 Å². The maximum absolute atomic E-state index is 5.54. The van der Waals surface area contributed by atoms with E-state index >= 15 is 0 Å². The van der Waals surface area contributed by atoms with Crippen molar-refractivity contribution in [2.75, 3.05) is 14.2 Å². The Balaban J connectivity index is 1.91. The second kappa shape index (κ2) is 9.50. The van der Waals surface area contributed by atoms with Crippen LogP contribution in [0.25, 0.3) is 11.1 Å². The van der Waals surface area contributed by atoms with Gasteiger partial charge in [0.05, 0.1) is 19.6 Å². The molecule has 4 aromatic carbocycles. The molecule has 5 rings (SSSR count). The molecular formula is C34H36O2. The highest BCUT2D eigenvalue weighted by molar-refractivity contribution is 5.87. The number of benzene rings is 4. The lowest BCUT2D eigenvalue weighted by Gasteiger charge is -2.35. The molecule has 0 N–H and O–H groups in total. The van der Waals surface area contributed by atoms with Gasteiger partial charge in [0.15, 0.2) is 0 Å². The van der Waals surface area contributed by atoms with Crippen LogP contribution in [0.1, 0.15) is 79.3 Å². The maximum Gasteiger partial charge on any atom is 0.118 e. The number of rotatable bonds is 7. The van der Waals surface area contributed by atoms with E-state index in [0.29, 0.717) is 11.8 Å². The van der Waals surface area contributed by atoms with Crippen LogP contribution in [0.2, 0.25) is 0 Å². The van der Waals surface area contributed by atoms with Crippen molar-refractivity contribution >= 4 is 0 Å². The number of methoxy groups -OCH3 is 2. The van der Waals surface area contributed by atoms with Crippen molar-refractivity contribution in [3.05, 3.63) is 118 Å². The van der Waals surface area contributed by atoms with Gasteiger partial charge in [-0.15, -0.1) is 0 Å². The lowest BCUT2D eigenvalue weighted by atomic mass is 9.67. The summed E-state index contributed by atoms with van der Waals surface area (Å²) in [4.78, 5) is 0. The minimum absolute atomic E-state index is 0.433. The molecule has 1 aliphatic rings. The molecule has 1 aliphatic carbocycles. The predicted octanol–water partition coefficient (Wildman–Crippen LogP) is 8.70. The van der Waals surface area contributed by atoms with Crippen molar-refractivity contribution in [3.63, 3.8) is 0 Å². The highest BCUT2D eigenvalue weighted by atomic mass is 16.5. The van der Waals surface area contributed by atoms with Crippen molar-refractivity contribution in [2.24, 2.45) is 0 Å². The number of ether oxygens (including phenoxy) is 2. The third-order valence-electron chi connectivity index (χ3n) is 8.08. The van der Waals surface area contributed by atoms with E-state index in [1.54, 1.807) is 14.2 Å². The first-order valence-corrected chi connectivity index (χ1v) is 13.0. The molecule has 0 saturated heterocycles. The van der Waals surface area contributed by atoms with Gasteiger partial charge in [0.25, 0.3) is 0 Å². The van der Waals surface area contributed by atoms with Gasteiger partial charge in [0.2, 0.25) is 0 Å². The van der Waals surface area contributed by atoms with E-state index in [1.807, 2.05) is 0 Å². The standard InChI is InChI=1S/C34H36O2/c1-7-23(4)25-9-19-31-30-18-8-24(22(2)3)20-32(30)34(33(31)21-25,26-10-14-28(35-5)15-11-26)27-12-16-29(36-6)17-13-27/h8-23H,7H2,1-6H3. The van der Waals surface area contributed by atoms with Crippen LogP contribution in [0.4, 0.5) is 0 Å². The highest BCUT2D eigenvalue weighted by Gasteiger charge is 2.46. The van der Waals surface area contributed by atoms with Crippen molar-refractivity contribution in [1.29, 1.82) is 0 Å². The van der Waals surface area contributed by atoms with E-state index in [1.165, 1.54) is 44.5 Å². The summed E-state index contributed by atoms with van der Waals surface area (Å²) in [6.45, 7) is 9.13. The predicted molar refractivity (Wildman–Crippen MR) is 150 cm³/mol. The van der Waals surface area contributed by atoms with Crippen LogP contribution in [0.5, 0.6) is 11.5 Å². The molecule has 0 aliphatic heterocycles. The molecule has 1 unspecified atom stereocenters. The van der Waals surface area contributed by atoms with E-state index in [9.17, 15) is 0 Å². The van der Waals surface area contributed by atoms with Crippen molar-refractivity contribution in [1.82, 2.24) is 0 Å². The van der Waals surface area contributed by atoms with E-state index < -0.39 is 5.41 Å². The largest absolute Gasteiger partial charge is 0.497 e. The fourth-order valence-electron chi connectivity index (χ4n) is 5.73. The molecule has 1 atom stereocenters. The Morgan fingerprint density at radius 1 is 0.611 bits per heavy atom. The van der Waals surface area contributed by atoms with Crippen LogP contribution >= 0.6 is 0 Å². The summed E-state index contributed by atoms with van der Waals surface area (Å²) >= 11 is 0. The van der Waals surface area contributed by atoms with Crippen LogP contribution in [-0.4, -0.2) is 14.2 Å². The first-order chi connectivity index (χ1) is 17.4. The lowest BCUT2D eigenvalue weighted by molar-refractivity contribution is 0.414. The summed E-state index contributed by atoms with van der Waals surface area (Å²) in [7, 11) is 3.45. The van der Waals surface area contributed by atoms with Gasteiger partial charge in [-0.05, 0) is 87.0 Å². The first kappa shape index (κ1) is 24.2. The van der Waals surface area contributed by atoms with Gasteiger partial charge in [-0.3, -0.25) is 0 Å². The smallest absolute Gasteiger partial charge is 0.118 e. The SMILES string of the molecule is CCC(C)c1ccc2c(c1)C(c1ccc(OC)cc1)(c1ccc(OC)cc1)c1cc(C(C)C)ccc1-2. The summed E-state index contributed by atoms with van der Waals surface area (Å²) < 4.78 is 11.1. The third kappa shape index (κ3) is 3.71. The maximum atomic E-state index is 5.54. The molecule has 0 bridgehead atoms. The molecule has 0 spiro atoms. The summed E-state index contributed by atoms with van der Waals surface area (Å²) in [6.07, 6.45) is 1.11. The number of hydrogen-bond donors (Lipinski definition) is 0. The van der Waals surface area contributed by atoms with Gasteiger partial charge >= 0.3 is 0 Å². The lowest BCUT2D eigenvalue weighted by Crippen LogP contribution is -2.29. The van der Waals surface area contributed by atoms with Crippen LogP contribution in [0.3, 0.4) is 0 Å². The van der Waals surface area contributed by atoms with Gasteiger partial charge < -0.3 is 9.47 Å². The quantitative estimate of drug-likeness (QED) is 0.234. The van der Waals surface area contributed by atoms with Gasteiger partial charge in [-0.1, -0.05) is 88.4 Å². The normalized spacial score (nSPS) is 14.3. The van der Waals surface area contributed by atoms with Crippen LogP contribution in [0, 0.1) is 0 Å². The second-order valence-electron chi connectivity index (χ2n) is 10.3. The average Bonchev–Trinajstić information content (AvgIpc) is 3.22. The van der Waals surface area contributed by atoms with Crippen LogP contribution in [-0.2, 0) is 5.41 Å². The van der Waals surface area contributed by atoms with Crippen LogP contribution < -0.4 is 9.47 Å². The third-order valence-corrected chi connectivity index (χ3v) is 8.08. The molecule has 4 aromatic rings. The van der Waals surface area contributed by atoms with E-state index in [-0.39, 0.29) is 0 Å². The summed E-state index contributed by atoms with van der Waals surface area (Å²) in [5.41, 5.74) is 10.1. The van der Waals surface area contributed by atoms with Gasteiger partial charge in [0, 0.05) is 0 Å². The zero-order valence-corrected chi connectivity index (χ0v) is 22.3.